The van der Waals surface area contributed by atoms with Gasteiger partial charge in [0.1, 0.15) is 6.61 Å². The first kappa shape index (κ1) is 24.8. The Kier molecular flexibility index (Phi) is 7.10. The highest BCUT2D eigenvalue weighted by Crippen LogP contribution is 2.27. The monoisotopic (exact) mass is 516 g/mol. The van der Waals surface area contributed by atoms with Crippen molar-refractivity contribution in [2.24, 2.45) is 0 Å². The zero-order valence-electron chi connectivity index (χ0n) is 20.3. The molecule has 1 fully saturated rings. The third-order valence-corrected chi connectivity index (χ3v) is 8.50. The van der Waals surface area contributed by atoms with Crippen LogP contribution >= 0.6 is 0 Å². The molecule has 1 N–H and O–H groups in total. The van der Waals surface area contributed by atoms with Crippen molar-refractivity contribution >= 4 is 32.6 Å². The Morgan fingerprint density at radius 3 is 2.43 bits per heavy atom. The minimum atomic E-state index is -3.41. The smallest absolute Gasteiger partial charge is 0.410 e. The summed E-state index contributed by atoms with van der Waals surface area (Å²) < 4.78 is 30.9. The summed E-state index contributed by atoms with van der Waals surface area (Å²) in [6.45, 7) is 0.619. The predicted molar refractivity (Wildman–Crippen MR) is 141 cm³/mol. The molecule has 0 unspecified atom stereocenters. The maximum Gasteiger partial charge on any atom is 0.410 e. The fourth-order valence-electron chi connectivity index (χ4n) is 4.76. The maximum atomic E-state index is 13.6. The molecule has 7 nitrogen and oxygen atoms in total. The van der Waals surface area contributed by atoms with Gasteiger partial charge in [-0.25, -0.2) is 13.2 Å². The molecule has 0 aliphatic carbocycles. The van der Waals surface area contributed by atoms with Crippen molar-refractivity contribution in [2.45, 2.75) is 36.8 Å². The Morgan fingerprint density at radius 2 is 1.68 bits per heavy atom. The highest BCUT2D eigenvalue weighted by atomic mass is 32.2. The van der Waals surface area contributed by atoms with Crippen LogP contribution in [0.25, 0.3) is 10.9 Å². The lowest BCUT2D eigenvalue weighted by molar-refractivity contribution is 0.0739. The number of Topliss-reactive ketones (excluding diaryl/α,β-unsaturated/α-hetero) is 1. The van der Waals surface area contributed by atoms with Crippen molar-refractivity contribution in [3.63, 3.8) is 0 Å². The first-order chi connectivity index (χ1) is 17.9. The highest BCUT2D eigenvalue weighted by Gasteiger charge is 2.36. The molecule has 0 saturated carbocycles. The van der Waals surface area contributed by atoms with Gasteiger partial charge in [0.05, 0.1) is 16.7 Å². The summed E-state index contributed by atoms with van der Waals surface area (Å²) in [4.78, 5) is 31.3. The van der Waals surface area contributed by atoms with E-state index in [4.69, 9.17) is 4.74 Å². The zero-order chi connectivity index (χ0) is 25.8. The Bertz CT molecular complexity index is 1510. The molecule has 1 aromatic heterocycles. The molecule has 37 heavy (non-hydrogen) atoms. The summed E-state index contributed by atoms with van der Waals surface area (Å²) in [5.41, 5.74) is 2.99. The van der Waals surface area contributed by atoms with Crippen LogP contribution in [-0.2, 0) is 27.6 Å². The molecule has 1 aliphatic heterocycles. The molecule has 0 spiro atoms. The third kappa shape index (κ3) is 5.44. The second-order valence-electron chi connectivity index (χ2n) is 9.22. The van der Waals surface area contributed by atoms with E-state index in [0.29, 0.717) is 29.8 Å². The quantitative estimate of drug-likeness (QED) is 0.326. The van der Waals surface area contributed by atoms with Crippen LogP contribution in [0.15, 0.2) is 90.0 Å². The van der Waals surface area contributed by atoms with E-state index in [1.165, 1.54) is 4.90 Å². The molecule has 0 radical (unpaired) electrons. The Balaban J connectivity index is 1.30. The molecule has 1 amide bonds. The van der Waals surface area contributed by atoms with E-state index in [1.54, 1.807) is 36.5 Å². The van der Waals surface area contributed by atoms with Gasteiger partial charge < -0.3 is 9.72 Å². The number of rotatable bonds is 8. The number of carbonyl (C=O) groups excluding carboxylic acids is 2. The van der Waals surface area contributed by atoms with E-state index in [1.807, 2.05) is 48.5 Å². The van der Waals surface area contributed by atoms with Gasteiger partial charge in [0, 0.05) is 29.2 Å². The molecule has 4 aromatic rings. The summed E-state index contributed by atoms with van der Waals surface area (Å²) in [5.74, 6) is -0.172. The molecule has 3 aromatic carbocycles. The van der Waals surface area contributed by atoms with Crippen molar-refractivity contribution in [2.75, 3.05) is 12.3 Å². The number of aromatic nitrogens is 1. The molecule has 2 heterocycles. The van der Waals surface area contributed by atoms with Crippen LogP contribution in [0.4, 0.5) is 4.79 Å². The average Bonchev–Trinajstić information content (AvgIpc) is 3.59. The fourth-order valence-corrected chi connectivity index (χ4v) is 6.08. The lowest BCUT2D eigenvalue weighted by Gasteiger charge is -2.23. The standard InChI is InChI=1S/C29H28N2O5S/c32-28(27-12-7-16-31(27)29(33)36-20-22-8-3-1-4-9-22)25-19-30-26-14-13-21(18-24(25)26)15-17-37(34,35)23-10-5-2-6-11-23/h1-6,8-11,13-14,18-19,27,30H,7,12,15-17,20H2/t27-/m1/s1. The Hall–Kier alpha value is -3.91. The van der Waals surface area contributed by atoms with Crippen LogP contribution < -0.4 is 0 Å². The third-order valence-electron chi connectivity index (χ3n) is 6.77. The number of carbonyl (C=O) groups is 2. The number of benzene rings is 3. The van der Waals surface area contributed by atoms with E-state index in [0.717, 1.165) is 28.5 Å². The Morgan fingerprint density at radius 1 is 0.946 bits per heavy atom. The number of likely N-dealkylation sites (tertiary alicyclic amines) is 1. The second-order valence-corrected chi connectivity index (χ2v) is 11.3. The van der Waals surface area contributed by atoms with Crippen LogP contribution in [0, 0.1) is 0 Å². The van der Waals surface area contributed by atoms with Crippen LogP contribution in [-0.4, -0.2) is 48.5 Å². The average molecular weight is 517 g/mol. The summed E-state index contributed by atoms with van der Waals surface area (Å²) >= 11 is 0. The number of fused-ring (bicyclic) bond motifs is 1. The number of sulfone groups is 1. The lowest BCUT2D eigenvalue weighted by atomic mass is 10.00. The van der Waals surface area contributed by atoms with Gasteiger partial charge in [0.15, 0.2) is 15.6 Å². The summed E-state index contributed by atoms with van der Waals surface area (Å²) in [5, 5.41) is 0.726. The summed E-state index contributed by atoms with van der Waals surface area (Å²) in [7, 11) is -3.41. The summed E-state index contributed by atoms with van der Waals surface area (Å²) in [6.07, 6.45) is 2.80. The van der Waals surface area contributed by atoms with Gasteiger partial charge in [-0.1, -0.05) is 54.6 Å². The van der Waals surface area contributed by atoms with Crippen molar-refractivity contribution in [3.05, 3.63) is 102 Å². The van der Waals surface area contributed by atoms with Crippen molar-refractivity contribution in [1.29, 1.82) is 0 Å². The van der Waals surface area contributed by atoms with Gasteiger partial charge in [0.2, 0.25) is 0 Å². The number of hydrogen-bond acceptors (Lipinski definition) is 5. The predicted octanol–water partition coefficient (Wildman–Crippen LogP) is 5.17. The molecule has 1 aliphatic rings. The minimum absolute atomic E-state index is 0.0279. The van der Waals surface area contributed by atoms with Crippen LogP contribution in [0.5, 0.6) is 0 Å². The van der Waals surface area contributed by atoms with Gasteiger partial charge in [-0.05, 0) is 54.7 Å². The number of ketones is 1. The number of hydrogen-bond donors (Lipinski definition) is 1. The minimum Gasteiger partial charge on any atom is -0.445 e. The molecule has 8 heteroatoms. The summed E-state index contributed by atoms with van der Waals surface area (Å²) in [6, 6.07) is 22.8. The number of amides is 1. The number of aromatic amines is 1. The van der Waals surface area contributed by atoms with E-state index >= 15 is 0 Å². The Labute approximate surface area is 216 Å². The lowest BCUT2D eigenvalue weighted by Crippen LogP contribution is -2.40. The van der Waals surface area contributed by atoms with Crippen LogP contribution in [0.1, 0.15) is 34.3 Å². The van der Waals surface area contributed by atoms with Gasteiger partial charge in [-0.3, -0.25) is 9.69 Å². The maximum absolute atomic E-state index is 13.6. The van der Waals surface area contributed by atoms with Gasteiger partial charge >= 0.3 is 6.09 Å². The first-order valence-corrected chi connectivity index (χ1v) is 14.0. The van der Waals surface area contributed by atoms with Crippen molar-refractivity contribution < 1.29 is 22.7 Å². The molecular weight excluding hydrogens is 488 g/mol. The molecule has 5 rings (SSSR count). The largest absolute Gasteiger partial charge is 0.445 e. The van der Waals surface area contributed by atoms with Crippen molar-refractivity contribution in [1.82, 2.24) is 9.88 Å². The number of nitrogens with zero attached hydrogens (tertiary/aromatic N) is 1. The van der Waals surface area contributed by atoms with Gasteiger partial charge in [-0.2, -0.15) is 0 Å². The van der Waals surface area contributed by atoms with E-state index in [2.05, 4.69) is 4.98 Å². The fraction of sp³-hybridized carbons (Fsp3) is 0.241. The molecule has 1 atom stereocenters. The number of aryl methyl sites for hydroxylation is 1. The molecular formula is C29H28N2O5S. The highest BCUT2D eigenvalue weighted by molar-refractivity contribution is 7.91. The topological polar surface area (TPSA) is 96.5 Å². The van der Waals surface area contributed by atoms with Crippen LogP contribution in [0.3, 0.4) is 0 Å². The normalized spacial score (nSPS) is 15.7. The molecule has 0 bridgehead atoms. The number of H-pyrrole nitrogens is 1. The van der Waals surface area contributed by atoms with Gasteiger partial charge in [0.25, 0.3) is 0 Å². The van der Waals surface area contributed by atoms with E-state index < -0.39 is 22.0 Å². The van der Waals surface area contributed by atoms with E-state index in [-0.39, 0.29) is 18.1 Å². The number of nitrogens with one attached hydrogen (secondary N) is 1. The zero-order valence-corrected chi connectivity index (χ0v) is 21.1. The number of ether oxygens (including phenoxy) is 1. The van der Waals surface area contributed by atoms with E-state index in [9.17, 15) is 18.0 Å². The van der Waals surface area contributed by atoms with Crippen LogP contribution in [0.2, 0.25) is 0 Å². The first-order valence-electron chi connectivity index (χ1n) is 12.3. The second kappa shape index (κ2) is 10.6. The van der Waals surface area contributed by atoms with Crippen molar-refractivity contribution in [3.8, 4) is 0 Å². The molecule has 190 valence electrons. The van der Waals surface area contributed by atoms with Gasteiger partial charge in [-0.15, -0.1) is 0 Å². The molecule has 1 saturated heterocycles. The SMILES string of the molecule is O=C(c1c[nH]c2ccc(CCS(=O)(=O)c3ccccc3)cc12)[C@H]1CCCN1C(=O)OCc1ccccc1.